The summed E-state index contributed by atoms with van der Waals surface area (Å²) in [5.41, 5.74) is 2.97. The molecule has 0 bridgehead atoms. The Labute approximate surface area is 129 Å². The van der Waals surface area contributed by atoms with E-state index in [0.29, 0.717) is 18.8 Å². The van der Waals surface area contributed by atoms with E-state index in [1.165, 1.54) is 0 Å². The Morgan fingerprint density at radius 2 is 1.90 bits per heavy atom. The van der Waals surface area contributed by atoms with Gasteiger partial charge in [-0.25, -0.2) is 0 Å². The van der Waals surface area contributed by atoms with E-state index in [-0.39, 0.29) is 5.91 Å². The number of nitrogens with one attached hydrogen (secondary N) is 1. The summed E-state index contributed by atoms with van der Waals surface area (Å²) in [6.45, 7) is 0.499. The van der Waals surface area contributed by atoms with Crippen LogP contribution in [0.4, 0.5) is 0 Å². The molecule has 110 valence electrons. The van der Waals surface area contributed by atoms with Crippen molar-refractivity contribution < 1.29 is 9.53 Å². The third-order valence-corrected chi connectivity index (χ3v) is 3.49. The second kappa shape index (κ2) is 7.70. The van der Waals surface area contributed by atoms with Gasteiger partial charge in [0.1, 0.15) is 5.75 Å². The first kappa shape index (κ1) is 15.4. The van der Waals surface area contributed by atoms with Crippen molar-refractivity contribution in [2.24, 2.45) is 0 Å². The number of amides is 1. The Kier molecular flexibility index (Phi) is 5.64. The molecule has 0 radical (unpaired) electrons. The molecule has 0 spiro atoms. The van der Waals surface area contributed by atoms with Gasteiger partial charge >= 0.3 is 0 Å². The van der Waals surface area contributed by atoms with E-state index >= 15 is 0 Å². The minimum absolute atomic E-state index is 0.0317. The van der Waals surface area contributed by atoms with Gasteiger partial charge in [-0.15, -0.1) is 11.6 Å². The van der Waals surface area contributed by atoms with E-state index in [9.17, 15) is 4.79 Å². The van der Waals surface area contributed by atoms with Crippen LogP contribution in [-0.4, -0.2) is 13.0 Å². The summed E-state index contributed by atoms with van der Waals surface area (Å²) in [4.78, 5) is 12.0. The number of hydrogen-bond donors (Lipinski definition) is 1. The average molecular weight is 304 g/mol. The van der Waals surface area contributed by atoms with Crippen LogP contribution in [0.1, 0.15) is 16.7 Å². The number of halogens is 1. The third kappa shape index (κ3) is 4.50. The van der Waals surface area contributed by atoms with Crippen LogP contribution in [0.15, 0.2) is 48.5 Å². The van der Waals surface area contributed by atoms with Gasteiger partial charge < -0.3 is 10.1 Å². The summed E-state index contributed by atoms with van der Waals surface area (Å²) >= 11 is 5.80. The van der Waals surface area contributed by atoms with Crippen molar-refractivity contribution in [2.75, 3.05) is 7.11 Å². The molecule has 0 aliphatic rings. The van der Waals surface area contributed by atoms with Crippen LogP contribution in [0.25, 0.3) is 0 Å². The second-order valence-corrected chi connectivity index (χ2v) is 4.99. The van der Waals surface area contributed by atoms with E-state index in [0.717, 1.165) is 22.4 Å². The first-order valence-corrected chi connectivity index (χ1v) is 7.28. The van der Waals surface area contributed by atoms with Crippen molar-refractivity contribution in [3.63, 3.8) is 0 Å². The van der Waals surface area contributed by atoms with Gasteiger partial charge in [-0.3, -0.25) is 4.79 Å². The summed E-state index contributed by atoms with van der Waals surface area (Å²) in [7, 11) is 1.61. The van der Waals surface area contributed by atoms with Crippen LogP contribution in [0.2, 0.25) is 0 Å². The monoisotopic (exact) mass is 303 g/mol. The molecule has 0 fully saturated rings. The van der Waals surface area contributed by atoms with Gasteiger partial charge in [0, 0.05) is 18.0 Å². The highest BCUT2D eigenvalue weighted by molar-refractivity contribution is 6.17. The van der Waals surface area contributed by atoms with Crippen molar-refractivity contribution in [1.82, 2.24) is 5.32 Å². The standard InChI is InChI=1S/C17H18ClNO2/c1-21-16-8-3-2-7-15(16)10-17(20)19-12-14-6-4-5-13(9-14)11-18/h2-9H,10-12H2,1H3,(H,19,20). The Bertz CT molecular complexity index is 613. The van der Waals surface area contributed by atoms with Gasteiger partial charge in [0.05, 0.1) is 13.5 Å². The topological polar surface area (TPSA) is 38.3 Å². The summed E-state index contributed by atoms with van der Waals surface area (Å²) in [6.07, 6.45) is 0.305. The Hall–Kier alpha value is -2.00. The molecule has 0 aliphatic carbocycles. The van der Waals surface area contributed by atoms with Gasteiger partial charge in [0.15, 0.2) is 0 Å². The minimum atomic E-state index is -0.0317. The molecule has 0 atom stereocenters. The van der Waals surface area contributed by atoms with Crippen molar-refractivity contribution in [3.05, 3.63) is 65.2 Å². The van der Waals surface area contributed by atoms with Crippen molar-refractivity contribution in [1.29, 1.82) is 0 Å². The highest BCUT2D eigenvalue weighted by Gasteiger charge is 2.08. The summed E-state index contributed by atoms with van der Waals surface area (Å²) in [5.74, 6) is 1.18. The van der Waals surface area contributed by atoms with Crippen molar-refractivity contribution in [3.8, 4) is 5.75 Å². The normalized spacial score (nSPS) is 10.2. The van der Waals surface area contributed by atoms with Crippen LogP contribution in [-0.2, 0) is 23.6 Å². The zero-order valence-electron chi connectivity index (χ0n) is 11.9. The quantitative estimate of drug-likeness (QED) is 0.832. The highest BCUT2D eigenvalue weighted by Crippen LogP contribution is 2.17. The lowest BCUT2D eigenvalue weighted by atomic mass is 10.1. The van der Waals surface area contributed by atoms with Crippen molar-refractivity contribution >= 4 is 17.5 Å². The summed E-state index contributed by atoms with van der Waals surface area (Å²) in [5, 5.41) is 2.91. The first-order valence-electron chi connectivity index (χ1n) is 6.75. The van der Waals surface area contributed by atoms with E-state index in [4.69, 9.17) is 16.3 Å². The molecule has 1 amide bonds. The van der Waals surface area contributed by atoms with Crippen LogP contribution >= 0.6 is 11.6 Å². The number of methoxy groups -OCH3 is 1. The van der Waals surface area contributed by atoms with Crippen LogP contribution in [0, 0.1) is 0 Å². The predicted octanol–water partition coefficient (Wildman–Crippen LogP) is 3.29. The van der Waals surface area contributed by atoms with Crippen LogP contribution < -0.4 is 10.1 Å². The number of carbonyl (C=O) groups is 1. The fourth-order valence-electron chi connectivity index (χ4n) is 2.11. The maximum atomic E-state index is 12.0. The molecule has 4 heteroatoms. The summed E-state index contributed by atoms with van der Waals surface area (Å²) < 4.78 is 5.24. The molecular weight excluding hydrogens is 286 g/mol. The molecule has 0 saturated heterocycles. The largest absolute Gasteiger partial charge is 0.496 e. The molecule has 0 heterocycles. The first-order chi connectivity index (χ1) is 10.2. The molecule has 2 aromatic rings. The maximum absolute atomic E-state index is 12.0. The number of rotatable bonds is 6. The van der Waals surface area contributed by atoms with E-state index in [1.807, 2.05) is 48.5 Å². The van der Waals surface area contributed by atoms with E-state index in [2.05, 4.69) is 5.32 Å². The van der Waals surface area contributed by atoms with E-state index < -0.39 is 0 Å². The highest BCUT2D eigenvalue weighted by atomic mass is 35.5. The molecule has 3 nitrogen and oxygen atoms in total. The number of alkyl halides is 1. The molecule has 2 aromatic carbocycles. The summed E-state index contributed by atoms with van der Waals surface area (Å²) in [6, 6.07) is 15.4. The number of carbonyl (C=O) groups excluding carboxylic acids is 1. The molecule has 0 aliphatic heterocycles. The fourth-order valence-corrected chi connectivity index (χ4v) is 2.27. The minimum Gasteiger partial charge on any atom is -0.496 e. The average Bonchev–Trinajstić information content (AvgIpc) is 2.53. The molecular formula is C17H18ClNO2. The smallest absolute Gasteiger partial charge is 0.224 e. The Morgan fingerprint density at radius 3 is 2.67 bits per heavy atom. The number of benzene rings is 2. The zero-order chi connectivity index (χ0) is 15.1. The lowest BCUT2D eigenvalue weighted by Gasteiger charge is -2.09. The van der Waals surface area contributed by atoms with Crippen LogP contribution in [0.5, 0.6) is 5.75 Å². The van der Waals surface area contributed by atoms with Gasteiger partial charge in [-0.05, 0) is 17.2 Å². The fraction of sp³-hybridized carbons (Fsp3) is 0.235. The number of ether oxygens (including phenoxy) is 1. The van der Waals surface area contributed by atoms with Gasteiger partial charge in [0.2, 0.25) is 5.91 Å². The SMILES string of the molecule is COc1ccccc1CC(=O)NCc1cccc(CCl)c1. The molecule has 2 rings (SSSR count). The predicted molar refractivity (Wildman–Crippen MR) is 84.5 cm³/mol. The molecule has 0 saturated carbocycles. The lowest BCUT2D eigenvalue weighted by molar-refractivity contribution is -0.120. The maximum Gasteiger partial charge on any atom is 0.224 e. The Morgan fingerprint density at radius 1 is 1.14 bits per heavy atom. The Balaban J connectivity index is 1.92. The van der Waals surface area contributed by atoms with Gasteiger partial charge in [0.25, 0.3) is 0 Å². The van der Waals surface area contributed by atoms with Crippen molar-refractivity contribution in [2.45, 2.75) is 18.8 Å². The number of hydrogen-bond acceptors (Lipinski definition) is 2. The lowest BCUT2D eigenvalue weighted by Crippen LogP contribution is -2.24. The molecule has 0 aromatic heterocycles. The number of para-hydroxylation sites is 1. The molecule has 1 N–H and O–H groups in total. The third-order valence-electron chi connectivity index (χ3n) is 3.18. The van der Waals surface area contributed by atoms with Gasteiger partial charge in [-0.1, -0.05) is 42.5 Å². The van der Waals surface area contributed by atoms with E-state index in [1.54, 1.807) is 7.11 Å². The zero-order valence-corrected chi connectivity index (χ0v) is 12.7. The van der Waals surface area contributed by atoms with Gasteiger partial charge in [-0.2, -0.15) is 0 Å². The molecule has 0 unspecified atom stereocenters. The second-order valence-electron chi connectivity index (χ2n) is 4.72. The van der Waals surface area contributed by atoms with Crippen LogP contribution in [0.3, 0.4) is 0 Å². The molecule has 21 heavy (non-hydrogen) atoms.